The number of rotatable bonds is 10. The summed E-state index contributed by atoms with van der Waals surface area (Å²) in [5, 5.41) is 10.5. The minimum absolute atomic E-state index is 0.118. The Kier molecular flexibility index (Phi) is 7.43. The molecule has 0 spiro atoms. The molecule has 1 aliphatic rings. The first-order valence-electron chi connectivity index (χ1n) is 10.2. The molecule has 0 amide bonds. The second-order valence-electron chi connectivity index (χ2n) is 8.24. The Balaban J connectivity index is 2.17. The van der Waals surface area contributed by atoms with Gasteiger partial charge in [0.1, 0.15) is 5.75 Å². The fraction of sp³-hybridized carbons (Fsp3) is 0.727. The van der Waals surface area contributed by atoms with Crippen molar-refractivity contribution in [3.8, 4) is 5.75 Å². The number of hydrogen-bond acceptors (Lipinski definition) is 3. The van der Waals surface area contributed by atoms with Gasteiger partial charge in [-0.1, -0.05) is 20.3 Å². The molecule has 28 heavy (non-hydrogen) atoms. The van der Waals surface area contributed by atoms with Gasteiger partial charge in [0.2, 0.25) is 0 Å². The summed E-state index contributed by atoms with van der Waals surface area (Å²) in [7, 11) is 3.49. The number of methoxy groups -OCH3 is 1. The van der Waals surface area contributed by atoms with Gasteiger partial charge in [-0.3, -0.25) is 0 Å². The van der Waals surface area contributed by atoms with Crippen LogP contribution in [0.1, 0.15) is 56.2 Å². The van der Waals surface area contributed by atoms with Crippen LogP contribution in [0.2, 0.25) is 0 Å². The molecule has 0 radical (unpaired) electrons. The topological polar surface area (TPSA) is 32.7 Å². The van der Waals surface area contributed by atoms with Gasteiger partial charge < -0.3 is 14.7 Å². The molecule has 0 aliphatic heterocycles. The van der Waals surface area contributed by atoms with E-state index < -0.39 is 11.8 Å². The third kappa shape index (κ3) is 5.01. The molecule has 0 saturated heterocycles. The number of alkyl halides is 3. The molecule has 1 aliphatic carbocycles. The Morgan fingerprint density at radius 1 is 1.21 bits per heavy atom. The molecule has 6 heteroatoms. The highest BCUT2D eigenvalue weighted by molar-refractivity contribution is 5.46. The molecule has 2 rings (SSSR count). The molecular weight excluding hydrogens is 367 g/mol. The molecule has 160 valence electrons. The minimum atomic E-state index is -4.75. The SMILES string of the molecule is CCCC(O)(c1cc(C)c(CCC2CC2CN(C)CC)cc1OC)C(F)(F)F. The normalized spacial score (nSPS) is 21.6. The molecule has 3 unspecified atom stereocenters. The maximum atomic E-state index is 13.7. The summed E-state index contributed by atoms with van der Waals surface area (Å²) in [5.74, 6) is 1.53. The van der Waals surface area contributed by atoms with E-state index in [1.165, 1.54) is 19.6 Å². The summed E-state index contributed by atoms with van der Waals surface area (Å²) in [4.78, 5) is 2.32. The molecule has 1 aromatic rings. The lowest BCUT2D eigenvalue weighted by Crippen LogP contribution is -2.42. The first-order valence-corrected chi connectivity index (χ1v) is 10.2. The molecule has 1 aromatic carbocycles. The van der Waals surface area contributed by atoms with Crippen LogP contribution >= 0.6 is 0 Å². The third-order valence-electron chi connectivity index (χ3n) is 6.12. The average molecular weight is 402 g/mol. The van der Waals surface area contributed by atoms with Crippen molar-refractivity contribution in [1.29, 1.82) is 0 Å². The third-order valence-corrected chi connectivity index (χ3v) is 6.12. The van der Waals surface area contributed by atoms with Crippen molar-refractivity contribution in [2.45, 2.75) is 64.7 Å². The van der Waals surface area contributed by atoms with Gasteiger partial charge in [0.05, 0.1) is 7.11 Å². The van der Waals surface area contributed by atoms with Crippen LogP contribution in [0, 0.1) is 18.8 Å². The number of ether oxygens (including phenoxy) is 1. The molecule has 0 bridgehead atoms. The Bertz CT molecular complexity index is 662. The van der Waals surface area contributed by atoms with E-state index in [0.717, 1.165) is 43.0 Å². The summed E-state index contributed by atoms with van der Waals surface area (Å²) in [6, 6.07) is 3.15. The molecule has 1 saturated carbocycles. The van der Waals surface area contributed by atoms with E-state index in [2.05, 4.69) is 18.9 Å². The summed E-state index contributed by atoms with van der Waals surface area (Å²) in [5.41, 5.74) is -1.30. The van der Waals surface area contributed by atoms with Gasteiger partial charge in [-0.25, -0.2) is 0 Å². The van der Waals surface area contributed by atoms with E-state index >= 15 is 0 Å². The van der Waals surface area contributed by atoms with Crippen LogP contribution in [0.5, 0.6) is 5.75 Å². The number of aryl methyl sites for hydroxylation is 2. The fourth-order valence-electron chi connectivity index (χ4n) is 4.04. The minimum Gasteiger partial charge on any atom is -0.496 e. The Labute approximate surface area is 166 Å². The van der Waals surface area contributed by atoms with Crippen molar-refractivity contribution in [1.82, 2.24) is 4.90 Å². The zero-order valence-electron chi connectivity index (χ0n) is 17.7. The zero-order chi connectivity index (χ0) is 21.1. The highest BCUT2D eigenvalue weighted by atomic mass is 19.4. The van der Waals surface area contributed by atoms with Gasteiger partial charge in [0.25, 0.3) is 0 Å². The highest BCUT2D eigenvalue weighted by Gasteiger charge is 2.55. The highest BCUT2D eigenvalue weighted by Crippen LogP contribution is 2.47. The van der Waals surface area contributed by atoms with E-state index in [1.54, 1.807) is 13.0 Å². The summed E-state index contributed by atoms with van der Waals surface area (Å²) in [6.45, 7) is 7.75. The van der Waals surface area contributed by atoms with Crippen molar-refractivity contribution < 1.29 is 23.0 Å². The van der Waals surface area contributed by atoms with Gasteiger partial charge in [-0.15, -0.1) is 0 Å². The second-order valence-corrected chi connectivity index (χ2v) is 8.24. The number of benzene rings is 1. The molecular formula is C22H34F3NO2. The summed E-state index contributed by atoms with van der Waals surface area (Å²) < 4.78 is 46.2. The van der Waals surface area contributed by atoms with E-state index in [1.807, 2.05) is 6.92 Å². The number of hydrogen-bond donors (Lipinski definition) is 1. The van der Waals surface area contributed by atoms with Gasteiger partial charge in [-0.2, -0.15) is 13.2 Å². The first kappa shape index (κ1) is 23.0. The molecule has 3 nitrogen and oxygen atoms in total. The molecule has 3 atom stereocenters. The van der Waals surface area contributed by atoms with Crippen LogP contribution in [-0.4, -0.2) is 43.4 Å². The Morgan fingerprint density at radius 3 is 2.43 bits per heavy atom. The number of aliphatic hydroxyl groups is 1. The van der Waals surface area contributed by atoms with Crippen LogP contribution in [-0.2, 0) is 12.0 Å². The van der Waals surface area contributed by atoms with E-state index in [-0.39, 0.29) is 24.2 Å². The lowest BCUT2D eigenvalue weighted by atomic mass is 9.85. The molecule has 0 heterocycles. The van der Waals surface area contributed by atoms with Crippen LogP contribution < -0.4 is 4.74 Å². The van der Waals surface area contributed by atoms with E-state index in [4.69, 9.17) is 4.74 Å². The Hall–Kier alpha value is -1.27. The predicted octanol–water partition coefficient (Wildman–Crippen LogP) is 5.07. The predicted molar refractivity (Wildman–Crippen MR) is 106 cm³/mol. The molecule has 1 N–H and O–H groups in total. The maximum Gasteiger partial charge on any atom is 0.421 e. The van der Waals surface area contributed by atoms with Crippen molar-refractivity contribution in [3.05, 3.63) is 28.8 Å². The second kappa shape index (κ2) is 9.04. The van der Waals surface area contributed by atoms with Crippen LogP contribution in [0.4, 0.5) is 13.2 Å². The van der Waals surface area contributed by atoms with Crippen molar-refractivity contribution in [2.24, 2.45) is 11.8 Å². The quantitative estimate of drug-likeness (QED) is 0.594. The van der Waals surface area contributed by atoms with Crippen LogP contribution in [0.3, 0.4) is 0 Å². The van der Waals surface area contributed by atoms with E-state index in [0.29, 0.717) is 5.92 Å². The lowest BCUT2D eigenvalue weighted by molar-refractivity contribution is -0.269. The smallest absolute Gasteiger partial charge is 0.421 e. The van der Waals surface area contributed by atoms with Crippen molar-refractivity contribution in [2.75, 3.05) is 27.2 Å². The number of nitrogens with zero attached hydrogens (tertiary/aromatic N) is 1. The lowest BCUT2D eigenvalue weighted by Gasteiger charge is -2.32. The largest absolute Gasteiger partial charge is 0.496 e. The molecule has 0 aromatic heterocycles. The standard InChI is InChI=1S/C22H34F3NO2/c1-6-10-21(27,22(23,24)25)19-11-15(3)16(13-20(19)28-5)8-9-17-12-18(17)14-26(4)7-2/h11,13,17-18,27H,6-10,12,14H2,1-5H3. The monoisotopic (exact) mass is 401 g/mol. The average Bonchev–Trinajstić information content (AvgIpc) is 3.37. The Morgan fingerprint density at radius 2 is 1.89 bits per heavy atom. The van der Waals surface area contributed by atoms with Gasteiger partial charge >= 0.3 is 6.18 Å². The van der Waals surface area contributed by atoms with Crippen LogP contribution in [0.25, 0.3) is 0 Å². The van der Waals surface area contributed by atoms with Gasteiger partial charge in [0, 0.05) is 12.1 Å². The van der Waals surface area contributed by atoms with Crippen molar-refractivity contribution in [3.63, 3.8) is 0 Å². The molecule has 1 fully saturated rings. The van der Waals surface area contributed by atoms with Gasteiger partial charge in [-0.05, 0) is 81.3 Å². The maximum absolute atomic E-state index is 13.7. The summed E-state index contributed by atoms with van der Waals surface area (Å²) in [6.07, 6.45) is -1.85. The van der Waals surface area contributed by atoms with Gasteiger partial charge in [0.15, 0.2) is 5.60 Å². The zero-order valence-corrected chi connectivity index (χ0v) is 17.7. The van der Waals surface area contributed by atoms with Crippen LogP contribution in [0.15, 0.2) is 12.1 Å². The van der Waals surface area contributed by atoms with E-state index in [9.17, 15) is 18.3 Å². The van der Waals surface area contributed by atoms with Crippen molar-refractivity contribution >= 4 is 0 Å². The fourth-order valence-corrected chi connectivity index (χ4v) is 4.04. The summed E-state index contributed by atoms with van der Waals surface area (Å²) >= 11 is 0. The number of halogens is 3. The first-order chi connectivity index (χ1) is 13.1.